The van der Waals surface area contributed by atoms with E-state index in [-0.39, 0.29) is 10.2 Å². The quantitative estimate of drug-likeness (QED) is 0.667. The Balaban J connectivity index is 4.47. The van der Waals surface area contributed by atoms with E-state index in [2.05, 4.69) is 4.72 Å². The van der Waals surface area contributed by atoms with E-state index in [4.69, 9.17) is 18.0 Å². The lowest BCUT2D eigenvalue weighted by atomic mass is 10.3. The van der Waals surface area contributed by atoms with Crippen molar-refractivity contribution in [1.29, 1.82) is 0 Å². The van der Waals surface area contributed by atoms with Gasteiger partial charge in [0, 0.05) is 11.8 Å². The summed E-state index contributed by atoms with van der Waals surface area (Å²) in [5.41, 5.74) is 5.38. The van der Waals surface area contributed by atoms with E-state index in [1.54, 1.807) is 18.7 Å². The molecule has 0 fully saturated rings. The fourth-order valence-electron chi connectivity index (χ4n) is 0.991. The first-order valence-corrected chi connectivity index (χ1v) is 7.90. The summed E-state index contributed by atoms with van der Waals surface area (Å²) in [6.07, 6.45) is 2.34. The van der Waals surface area contributed by atoms with Gasteiger partial charge in [0.2, 0.25) is 10.0 Å². The van der Waals surface area contributed by atoms with Crippen molar-refractivity contribution in [3.8, 4) is 0 Å². The van der Waals surface area contributed by atoms with Gasteiger partial charge in [-0.05, 0) is 12.7 Å². The van der Waals surface area contributed by atoms with Crippen molar-refractivity contribution in [2.24, 2.45) is 5.73 Å². The van der Waals surface area contributed by atoms with Crippen molar-refractivity contribution in [2.75, 3.05) is 12.8 Å². The Morgan fingerprint density at radius 1 is 1.60 bits per heavy atom. The van der Waals surface area contributed by atoms with Crippen molar-refractivity contribution in [1.82, 2.24) is 4.72 Å². The van der Waals surface area contributed by atoms with Gasteiger partial charge in [-0.15, -0.1) is 0 Å². The first-order valence-electron chi connectivity index (χ1n) is 4.65. The van der Waals surface area contributed by atoms with Crippen molar-refractivity contribution in [2.45, 2.75) is 30.8 Å². The Morgan fingerprint density at radius 3 is 2.47 bits per heavy atom. The van der Waals surface area contributed by atoms with E-state index in [9.17, 15) is 8.42 Å². The highest BCUT2D eigenvalue weighted by molar-refractivity contribution is 7.99. The van der Waals surface area contributed by atoms with Crippen LogP contribution in [0.4, 0.5) is 0 Å². The molecule has 15 heavy (non-hydrogen) atoms. The van der Waals surface area contributed by atoms with Gasteiger partial charge in [0.15, 0.2) is 0 Å². The third kappa shape index (κ3) is 5.14. The fourth-order valence-corrected chi connectivity index (χ4v) is 3.32. The van der Waals surface area contributed by atoms with Gasteiger partial charge in [0.1, 0.15) is 5.25 Å². The van der Waals surface area contributed by atoms with E-state index >= 15 is 0 Å². The summed E-state index contributed by atoms with van der Waals surface area (Å²) in [6, 6.07) is 0. The van der Waals surface area contributed by atoms with E-state index < -0.39 is 15.3 Å². The molecule has 0 bridgehead atoms. The maximum absolute atomic E-state index is 11.7. The second kappa shape index (κ2) is 6.67. The maximum Gasteiger partial charge on any atom is 0.221 e. The van der Waals surface area contributed by atoms with Gasteiger partial charge in [0.25, 0.3) is 0 Å². The molecule has 2 unspecified atom stereocenters. The summed E-state index contributed by atoms with van der Waals surface area (Å²) in [6.45, 7) is 4.11. The van der Waals surface area contributed by atoms with Crippen LogP contribution in [0.15, 0.2) is 0 Å². The van der Waals surface area contributed by atoms with Crippen molar-refractivity contribution in [3.05, 3.63) is 0 Å². The first kappa shape index (κ1) is 15.2. The molecule has 0 saturated heterocycles. The molecule has 0 aromatic heterocycles. The summed E-state index contributed by atoms with van der Waals surface area (Å²) in [5.74, 6) is 0. The highest BCUT2D eigenvalue weighted by Crippen LogP contribution is 2.07. The number of sulfonamides is 1. The van der Waals surface area contributed by atoms with Gasteiger partial charge in [-0.25, -0.2) is 13.1 Å². The summed E-state index contributed by atoms with van der Waals surface area (Å²) < 4.78 is 26.0. The van der Waals surface area contributed by atoms with Crippen LogP contribution in [-0.4, -0.2) is 36.7 Å². The molecule has 0 amide bonds. The van der Waals surface area contributed by atoms with Crippen LogP contribution in [-0.2, 0) is 10.0 Å². The second-order valence-corrected chi connectivity index (χ2v) is 6.93. The van der Waals surface area contributed by atoms with Crippen LogP contribution >= 0.6 is 24.0 Å². The van der Waals surface area contributed by atoms with E-state index in [1.807, 2.05) is 13.2 Å². The van der Waals surface area contributed by atoms with Crippen LogP contribution < -0.4 is 10.5 Å². The molecule has 90 valence electrons. The SMILES string of the molecule is CCC(C(N)=S)S(=O)(=O)NCC(C)SC. The standard InChI is InChI=1S/C8H18N2O2S3/c1-4-7(8(9)13)15(11,12)10-5-6(2)14-3/h6-7,10H,4-5H2,1-3H3,(H2,9,13). The Labute approximate surface area is 101 Å². The molecule has 0 aliphatic heterocycles. The average molecular weight is 270 g/mol. The second-order valence-electron chi connectivity index (χ2n) is 3.24. The third-order valence-electron chi connectivity index (χ3n) is 2.04. The Morgan fingerprint density at radius 2 is 2.13 bits per heavy atom. The zero-order valence-corrected chi connectivity index (χ0v) is 11.6. The molecule has 2 atom stereocenters. The van der Waals surface area contributed by atoms with E-state index in [0.717, 1.165) is 0 Å². The molecule has 0 aliphatic carbocycles. The summed E-state index contributed by atoms with van der Waals surface area (Å²) in [4.78, 5) is 0.0294. The van der Waals surface area contributed by atoms with Gasteiger partial charge < -0.3 is 5.73 Å². The molecule has 0 radical (unpaired) electrons. The summed E-state index contributed by atoms with van der Waals surface area (Å²) in [5, 5.41) is -0.523. The average Bonchev–Trinajstić information content (AvgIpc) is 2.14. The van der Waals surface area contributed by atoms with Crippen LogP contribution in [0.5, 0.6) is 0 Å². The number of nitrogens with two attached hydrogens (primary N) is 1. The number of thiocarbonyl (C=S) groups is 1. The predicted octanol–water partition coefficient (Wildman–Crippen LogP) is 0.722. The number of hydrogen-bond acceptors (Lipinski definition) is 4. The lowest BCUT2D eigenvalue weighted by Crippen LogP contribution is -2.43. The number of thioether (sulfide) groups is 1. The molecule has 0 aliphatic rings. The molecular weight excluding hydrogens is 252 g/mol. The molecular formula is C8H18N2O2S3. The molecule has 0 spiro atoms. The third-order valence-corrected chi connectivity index (χ3v) is 5.35. The topological polar surface area (TPSA) is 72.2 Å². The minimum Gasteiger partial charge on any atom is -0.392 e. The highest BCUT2D eigenvalue weighted by Gasteiger charge is 2.26. The highest BCUT2D eigenvalue weighted by atomic mass is 32.2. The Bertz CT molecular complexity index is 303. The molecule has 7 heteroatoms. The number of rotatable bonds is 7. The van der Waals surface area contributed by atoms with Crippen molar-refractivity contribution >= 4 is 39.0 Å². The van der Waals surface area contributed by atoms with Crippen LogP contribution in [0, 0.1) is 0 Å². The van der Waals surface area contributed by atoms with Crippen molar-refractivity contribution in [3.63, 3.8) is 0 Å². The normalized spacial score (nSPS) is 15.9. The minimum absolute atomic E-state index is 0.0294. The molecule has 0 saturated carbocycles. The van der Waals surface area contributed by atoms with Crippen LogP contribution in [0.25, 0.3) is 0 Å². The summed E-state index contributed by atoms with van der Waals surface area (Å²) in [7, 11) is -3.41. The zero-order chi connectivity index (χ0) is 12.1. The van der Waals surface area contributed by atoms with Gasteiger partial charge in [-0.3, -0.25) is 0 Å². The van der Waals surface area contributed by atoms with Crippen molar-refractivity contribution < 1.29 is 8.42 Å². The lowest BCUT2D eigenvalue weighted by molar-refractivity contribution is 0.574. The maximum atomic E-state index is 11.7. The first-order chi connectivity index (χ1) is 6.85. The predicted molar refractivity (Wildman–Crippen MR) is 70.8 cm³/mol. The van der Waals surface area contributed by atoms with Gasteiger partial charge >= 0.3 is 0 Å². The lowest BCUT2D eigenvalue weighted by Gasteiger charge is -2.16. The van der Waals surface area contributed by atoms with Gasteiger partial charge in [-0.1, -0.05) is 26.1 Å². The van der Waals surface area contributed by atoms with Gasteiger partial charge in [-0.2, -0.15) is 11.8 Å². The van der Waals surface area contributed by atoms with Gasteiger partial charge in [0.05, 0.1) is 4.99 Å². The molecule has 0 rings (SSSR count). The molecule has 3 N–H and O–H groups in total. The van der Waals surface area contributed by atoms with Crippen LogP contribution in [0.1, 0.15) is 20.3 Å². The number of hydrogen-bond donors (Lipinski definition) is 2. The molecule has 4 nitrogen and oxygen atoms in total. The monoisotopic (exact) mass is 270 g/mol. The molecule has 0 aromatic rings. The largest absolute Gasteiger partial charge is 0.392 e. The summed E-state index contributed by atoms with van der Waals surface area (Å²) >= 11 is 6.33. The zero-order valence-electron chi connectivity index (χ0n) is 9.19. The molecule has 0 heterocycles. The smallest absolute Gasteiger partial charge is 0.221 e. The van der Waals surface area contributed by atoms with Crippen LogP contribution in [0.3, 0.4) is 0 Å². The van der Waals surface area contributed by atoms with Crippen LogP contribution in [0.2, 0.25) is 0 Å². The minimum atomic E-state index is -3.41. The molecule has 0 aromatic carbocycles. The number of nitrogens with one attached hydrogen (secondary N) is 1. The van der Waals surface area contributed by atoms with E-state index in [1.165, 1.54) is 0 Å². The Kier molecular flexibility index (Phi) is 6.74. The van der Waals surface area contributed by atoms with E-state index in [0.29, 0.717) is 13.0 Å². The fraction of sp³-hybridized carbons (Fsp3) is 0.875. The Hall–Kier alpha value is 0.150.